The number of carbonyl (C=O) groups is 1. The van der Waals surface area contributed by atoms with Gasteiger partial charge in [0, 0.05) is 28.0 Å². The van der Waals surface area contributed by atoms with E-state index in [1.807, 2.05) is 0 Å². The summed E-state index contributed by atoms with van der Waals surface area (Å²) in [6, 6.07) is 8.11. The van der Waals surface area contributed by atoms with Crippen LogP contribution in [0.25, 0.3) is 0 Å². The van der Waals surface area contributed by atoms with Crippen molar-refractivity contribution >= 4 is 50.5 Å². The Labute approximate surface area is 202 Å². The molecule has 11 heteroatoms. The van der Waals surface area contributed by atoms with E-state index in [0.717, 1.165) is 11.1 Å². The first kappa shape index (κ1) is 25.7. The molecule has 0 bridgehead atoms. The Kier molecular flexibility index (Phi) is 10.8. The number of carboxylic acids is 1. The second kappa shape index (κ2) is 11.8. The van der Waals surface area contributed by atoms with Gasteiger partial charge in [-0.3, -0.25) is 0 Å². The van der Waals surface area contributed by atoms with Crippen LogP contribution in [0.1, 0.15) is 22.4 Å². The van der Waals surface area contributed by atoms with Crippen molar-refractivity contribution in [2.75, 3.05) is 26.0 Å². The summed E-state index contributed by atoms with van der Waals surface area (Å²) in [4.78, 5) is 12.1. The number of hydrogen-bond acceptors (Lipinski definition) is 5. The molecule has 0 aliphatic rings. The predicted molar refractivity (Wildman–Crippen MR) is 109 cm³/mol. The minimum absolute atomic E-state index is 0. The van der Waals surface area contributed by atoms with Gasteiger partial charge >= 0.3 is 35.5 Å². The molecule has 0 saturated heterocycles. The summed E-state index contributed by atoms with van der Waals surface area (Å²) in [6.07, 6.45) is 2.33. The van der Waals surface area contributed by atoms with Gasteiger partial charge in [-0.25, -0.2) is 13.2 Å². The summed E-state index contributed by atoms with van der Waals surface area (Å²) in [6.45, 7) is 0.665. The van der Waals surface area contributed by atoms with Gasteiger partial charge in [0.1, 0.15) is 17.2 Å². The molecule has 28 heavy (non-hydrogen) atoms. The molecule has 1 heterocycles. The summed E-state index contributed by atoms with van der Waals surface area (Å²) in [5, 5.41) is 9.81. The fourth-order valence-corrected chi connectivity index (χ4v) is 4.64. The van der Waals surface area contributed by atoms with E-state index in [0.29, 0.717) is 35.2 Å². The monoisotopic (exact) mass is 475 g/mol. The number of carboxylic acid groups (broad SMARTS) is 1. The molecular formula is C17H20Cl2NNaO5S2. The van der Waals surface area contributed by atoms with Gasteiger partial charge in [0.15, 0.2) is 0 Å². The largest absolute Gasteiger partial charge is 1.00 e. The summed E-state index contributed by atoms with van der Waals surface area (Å²) in [5.41, 5.74) is 0. The van der Waals surface area contributed by atoms with Gasteiger partial charge in [0.05, 0.1) is 6.26 Å². The summed E-state index contributed by atoms with van der Waals surface area (Å²) in [5.74, 6) is -0.483. The van der Waals surface area contributed by atoms with Gasteiger partial charge in [0.25, 0.3) is 0 Å². The van der Waals surface area contributed by atoms with Gasteiger partial charge in [-0.2, -0.15) is 4.31 Å². The van der Waals surface area contributed by atoms with Crippen molar-refractivity contribution < 1.29 is 54.0 Å². The molecule has 0 amide bonds. The maximum absolute atomic E-state index is 12.0. The topological polar surface area (TPSA) is 83.9 Å². The molecule has 0 radical (unpaired) electrons. The molecule has 150 valence electrons. The van der Waals surface area contributed by atoms with Crippen molar-refractivity contribution in [3.63, 3.8) is 0 Å². The Hall–Kier alpha value is -0.320. The molecule has 0 spiro atoms. The average molecular weight is 476 g/mol. The van der Waals surface area contributed by atoms with Crippen LogP contribution in [-0.2, 0) is 16.4 Å². The maximum atomic E-state index is 12.0. The molecule has 1 aromatic carbocycles. The Bertz CT molecular complexity index is 891. The molecule has 0 fully saturated rings. The number of aromatic carboxylic acids is 1. The molecule has 1 N–H and O–H groups in total. The molecule has 2 rings (SSSR count). The third kappa shape index (κ3) is 8.59. The third-order valence-electron chi connectivity index (χ3n) is 3.62. The van der Waals surface area contributed by atoms with Crippen molar-refractivity contribution in [1.29, 1.82) is 0 Å². The van der Waals surface area contributed by atoms with Gasteiger partial charge in [-0.05, 0) is 43.2 Å². The van der Waals surface area contributed by atoms with Gasteiger partial charge in [0.2, 0.25) is 10.0 Å². The number of ether oxygens (including phenoxy) is 1. The first-order valence-electron chi connectivity index (χ1n) is 8.01. The van der Waals surface area contributed by atoms with Crippen LogP contribution in [0, 0.1) is 0 Å². The first-order valence-corrected chi connectivity index (χ1v) is 11.4. The smallest absolute Gasteiger partial charge is 1.00 e. The minimum Gasteiger partial charge on any atom is -1.00 e. The zero-order valence-electron chi connectivity index (χ0n) is 16.5. The zero-order valence-corrected chi connectivity index (χ0v) is 20.7. The van der Waals surface area contributed by atoms with E-state index in [1.165, 1.54) is 15.6 Å². The summed E-state index contributed by atoms with van der Waals surface area (Å²) in [7, 11) is -3.39. The molecule has 1 aromatic heterocycles. The van der Waals surface area contributed by atoms with E-state index in [9.17, 15) is 13.2 Å². The maximum Gasteiger partial charge on any atom is 1.00 e. The van der Waals surface area contributed by atoms with Gasteiger partial charge in [-0.1, -0.05) is 23.2 Å². The minimum atomic E-state index is -3.39. The van der Waals surface area contributed by atoms with Crippen LogP contribution in [0.3, 0.4) is 0 Å². The zero-order chi connectivity index (χ0) is 20.0. The van der Waals surface area contributed by atoms with Crippen LogP contribution < -0.4 is 34.3 Å². The Morgan fingerprint density at radius 3 is 2.39 bits per heavy atom. The Morgan fingerprint density at radius 2 is 1.86 bits per heavy atom. The molecule has 0 aliphatic heterocycles. The van der Waals surface area contributed by atoms with Crippen molar-refractivity contribution in [3.05, 3.63) is 50.1 Å². The van der Waals surface area contributed by atoms with Crippen molar-refractivity contribution in [1.82, 2.24) is 4.31 Å². The van der Waals surface area contributed by atoms with Crippen LogP contribution in [-0.4, -0.2) is 49.8 Å². The van der Waals surface area contributed by atoms with E-state index >= 15 is 0 Å². The molecule has 0 unspecified atom stereocenters. The van der Waals surface area contributed by atoms with Crippen LogP contribution in [0.5, 0.6) is 5.75 Å². The van der Waals surface area contributed by atoms with E-state index in [-0.39, 0.29) is 49.0 Å². The van der Waals surface area contributed by atoms with Crippen LogP contribution in [0.2, 0.25) is 10.0 Å². The number of sulfonamides is 1. The van der Waals surface area contributed by atoms with E-state index < -0.39 is 16.0 Å². The molecular weight excluding hydrogens is 456 g/mol. The Morgan fingerprint density at radius 1 is 1.21 bits per heavy atom. The van der Waals surface area contributed by atoms with Crippen LogP contribution >= 0.6 is 34.5 Å². The number of hydrogen-bond donors (Lipinski definition) is 1. The number of aryl methyl sites for hydroxylation is 1. The number of rotatable bonds is 10. The molecule has 2 aromatic rings. The number of nitrogens with zero attached hydrogens (tertiary/aromatic N) is 1. The average Bonchev–Trinajstić information content (AvgIpc) is 3.00. The van der Waals surface area contributed by atoms with E-state index in [2.05, 4.69) is 0 Å². The van der Waals surface area contributed by atoms with Gasteiger partial charge < -0.3 is 11.3 Å². The van der Waals surface area contributed by atoms with Crippen molar-refractivity contribution in [2.45, 2.75) is 12.8 Å². The number of halogens is 2. The van der Waals surface area contributed by atoms with E-state index in [1.54, 1.807) is 30.3 Å². The number of benzene rings is 1. The molecule has 0 aliphatic carbocycles. The van der Waals surface area contributed by atoms with Crippen molar-refractivity contribution in [3.8, 4) is 5.75 Å². The van der Waals surface area contributed by atoms with Crippen LogP contribution in [0.15, 0.2) is 30.3 Å². The number of thiophene rings is 1. The fourth-order valence-electron chi connectivity index (χ4n) is 2.38. The molecule has 0 atom stereocenters. The predicted octanol–water partition coefficient (Wildman–Crippen LogP) is 1.14. The normalized spacial score (nSPS) is 11.3. The van der Waals surface area contributed by atoms with Crippen molar-refractivity contribution in [2.24, 2.45) is 0 Å². The standard InChI is InChI=1S/C17H19Cl2NO5S2.Na.H/c1-27(23,24)20(6-2-3-15-4-5-16(26-15)17(21)22)7-8-25-14-10-12(18)9-13(19)11-14;;/h4-5,9-11H,2-3,6-8H2,1H3,(H,21,22);;/q;+1;-1. The van der Waals surface area contributed by atoms with Crippen LogP contribution in [0.4, 0.5) is 0 Å². The Balaban J connectivity index is 0.00000392. The quantitative estimate of drug-likeness (QED) is 0.521. The second-order valence-electron chi connectivity index (χ2n) is 5.79. The second-order valence-corrected chi connectivity index (χ2v) is 9.81. The molecule has 0 saturated carbocycles. The summed E-state index contributed by atoms with van der Waals surface area (Å²) >= 11 is 13.0. The summed E-state index contributed by atoms with van der Waals surface area (Å²) < 4.78 is 30.8. The third-order valence-corrected chi connectivity index (χ3v) is 6.49. The fraction of sp³-hybridized carbons (Fsp3) is 0.353. The first-order chi connectivity index (χ1) is 12.6. The molecule has 6 nitrogen and oxygen atoms in total. The van der Waals surface area contributed by atoms with E-state index in [4.69, 9.17) is 33.0 Å². The SMILES string of the molecule is CS(=O)(=O)N(CCCc1ccc(C(=O)O)s1)CCOc1cc(Cl)cc(Cl)c1.[H-].[Na+]. The van der Waals surface area contributed by atoms with Gasteiger partial charge in [-0.15, -0.1) is 11.3 Å².